The summed E-state index contributed by atoms with van der Waals surface area (Å²) in [5.41, 5.74) is 8.44. The largest absolute Gasteiger partial charge is 0.438 e. The molecule has 21 heavy (non-hydrogen) atoms. The third kappa shape index (κ3) is 3.00. The first kappa shape index (κ1) is 13.9. The van der Waals surface area contributed by atoms with Crippen molar-refractivity contribution in [3.63, 3.8) is 0 Å². The molecule has 3 N–H and O–H groups in total. The summed E-state index contributed by atoms with van der Waals surface area (Å²) >= 11 is 5.87. The van der Waals surface area contributed by atoms with Gasteiger partial charge in [0.05, 0.1) is 5.56 Å². The molecule has 0 aliphatic heterocycles. The predicted molar refractivity (Wildman–Crippen MR) is 83.4 cm³/mol. The molecule has 0 saturated carbocycles. The van der Waals surface area contributed by atoms with Crippen molar-refractivity contribution >= 4 is 17.4 Å². The Bertz CT molecular complexity index is 683. The van der Waals surface area contributed by atoms with Gasteiger partial charge in [0.1, 0.15) is 11.6 Å². The Kier molecular flexibility index (Phi) is 3.80. The number of halogens is 1. The summed E-state index contributed by atoms with van der Waals surface area (Å²) in [5.74, 6) is 0.996. The normalized spacial score (nSPS) is 13.6. The maximum atomic E-state index is 7.73. The minimum Gasteiger partial charge on any atom is -0.438 e. The SMILES string of the molecule is N=C(N)c1cc2c(nc1Oc1ccc(Cl)cc1)CCCC2. The molecule has 1 aliphatic carbocycles. The van der Waals surface area contributed by atoms with Crippen LogP contribution >= 0.6 is 11.6 Å². The molecule has 108 valence electrons. The van der Waals surface area contributed by atoms with E-state index in [1.807, 2.05) is 6.07 Å². The second kappa shape index (κ2) is 5.74. The van der Waals surface area contributed by atoms with E-state index >= 15 is 0 Å². The summed E-state index contributed by atoms with van der Waals surface area (Å²) < 4.78 is 5.80. The molecule has 0 unspecified atom stereocenters. The van der Waals surface area contributed by atoms with Crippen molar-refractivity contribution in [2.75, 3.05) is 0 Å². The molecule has 1 aliphatic rings. The molecule has 2 aromatic rings. The molecule has 4 nitrogen and oxygen atoms in total. The molecule has 0 radical (unpaired) electrons. The molecular weight excluding hydrogens is 286 g/mol. The number of ether oxygens (including phenoxy) is 1. The van der Waals surface area contributed by atoms with Crippen LogP contribution in [0.25, 0.3) is 0 Å². The van der Waals surface area contributed by atoms with Crippen molar-refractivity contribution in [3.8, 4) is 11.6 Å². The quantitative estimate of drug-likeness (QED) is 0.671. The van der Waals surface area contributed by atoms with E-state index in [2.05, 4.69) is 4.98 Å². The maximum absolute atomic E-state index is 7.73. The van der Waals surface area contributed by atoms with E-state index in [-0.39, 0.29) is 5.84 Å². The first-order valence-electron chi connectivity index (χ1n) is 6.94. The van der Waals surface area contributed by atoms with Gasteiger partial charge in [-0.3, -0.25) is 5.41 Å². The lowest BCUT2D eigenvalue weighted by atomic mass is 9.95. The topological polar surface area (TPSA) is 72.0 Å². The molecule has 0 amide bonds. The Morgan fingerprint density at radius 3 is 2.62 bits per heavy atom. The highest BCUT2D eigenvalue weighted by Gasteiger charge is 2.18. The van der Waals surface area contributed by atoms with Gasteiger partial charge in [-0.2, -0.15) is 0 Å². The van der Waals surface area contributed by atoms with Crippen LogP contribution in [0.3, 0.4) is 0 Å². The van der Waals surface area contributed by atoms with Gasteiger partial charge in [-0.1, -0.05) is 11.6 Å². The van der Waals surface area contributed by atoms with Crippen LogP contribution in [0.15, 0.2) is 30.3 Å². The third-order valence-electron chi connectivity index (χ3n) is 3.58. The Morgan fingerprint density at radius 2 is 1.90 bits per heavy atom. The van der Waals surface area contributed by atoms with Crippen LogP contribution in [0.1, 0.15) is 29.7 Å². The van der Waals surface area contributed by atoms with E-state index in [1.165, 1.54) is 5.56 Å². The van der Waals surface area contributed by atoms with Gasteiger partial charge in [0.2, 0.25) is 5.88 Å². The van der Waals surface area contributed by atoms with Gasteiger partial charge < -0.3 is 10.5 Å². The first-order chi connectivity index (χ1) is 10.1. The fraction of sp³-hybridized carbons (Fsp3) is 0.250. The van der Waals surface area contributed by atoms with Crippen LogP contribution in [0.5, 0.6) is 11.6 Å². The number of rotatable bonds is 3. The highest BCUT2D eigenvalue weighted by molar-refractivity contribution is 6.30. The zero-order valence-corrected chi connectivity index (χ0v) is 12.3. The van der Waals surface area contributed by atoms with E-state index in [0.717, 1.165) is 31.4 Å². The monoisotopic (exact) mass is 301 g/mol. The van der Waals surface area contributed by atoms with Crippen LogP contribution in [0.4, 0.5) is 0 Å². The summed E-state index contributed by atoms with van der Waals surface area (Å²) in [6.45, 7) is 0. The maximum Gasteiger partial charge on any atom is 0.230 e. The minimum atomic E-state index is -0.0279. The molecule has 0 spiro atoms. The molecular formula is C16H16ClN3O. The van der Waals surface area contributed by atoms with Gasteiger partial charge in [-0.15, -0.1) is 0 Å². The summed E-state index contributed by atoms with van der Waals surface area (Å²) in [5, 5.41) is 8.38. The fourth-order valence-corrected chi connectivity index (χ4v) is 2.63. The molecule has 1 aromatic carbocycles. The highest BCUT2D eigenvalue weighted by Crippen LogP contribution is 2.29. The van der Waals surface area contributed by atoms with Crippen molar-refractivity contribution in [1.82, 2.24) is 4.98 Å². The predicted octanol–water partition coefficient (Wildman–Crippen LogP) is 3.69. The third-order valence-corrected chi connectivity index (χ3v) is 3.84. The number of aromatic nitrogens is 1. The average Bonchev–Trinajstić information content (AvgIpc) is 2.48. The second-order valence-corrected chi connectivity index (χ2v) is 5.56. The summed E-state index contributed by atoms with van der Waals surface area (Å²) in [6.07, 6.45) is 4.23. The highest BCUT2D eigenvalue weighted by atomic mass is 35.5. The summed E-state index contributed by atoms with van der Waals surface area (Å²) in [6, 6.07) is 8.99. The van der Waals surface area contributed by atoms with Crippen molar-refractivity contribution in [3.05, 3.63) is 52.2 Å². The van der Waals surface area contributed by atoms with Gasteiger partial charge in [-0.05, 0) is 61.6 Å². The van der Waals surface area contributed by atoms with Crippen LogP contribution in [-0.4, -0.2) is 10.8 Å². The number of hydrogen-bond acceptors (Lipinski definition) is 3. The zero-order valence-electron chi connectivity index (χ0n) is 11.5. The van der Waals surface area contributed by atoms with E-state index in [9.17, 15) is 0 Å². The van der Waals surface area contributed by atoms with Crippen LogP contribution in [0, 0.1) is 5.41 Å². The van der Waals surface area contributed by atoms with Gasteiger partial charge in [0.25, 0.3) is 0 Å². The van der Waals surface area contributed by atoms with Crippen LogP contribution in [-0.2, 0) is 12.8 Å². The molecule has 1 heterocycles. The summed E-state index contributed by atoms with van der Waals surface area (Å²) in [7, 11) is 0. The van der Waals surface area contributed by atoms with Crippen molar-refractivity contribution in [2.45, 2.75) is 25.7 Å². The van der Waals surface area contributed by atoms with Gasteiger partial charge in [-0.25, -0.2) is 4.98 Å². The number of pyridine rings is 1. The van der Waals surface area contributed by atoms with Gasteiger partial charge in [0, 0.05) is 10.7 Å². The number of nitrogens with one attached hydrogen (secondary N) is 1. The number of nitrogen functional groups attached to an aromatic ring is 1. The average molecular weight is 302 g/mol. The molecule has 0 saturated heterocycles. The number of amidine groups is 1. The lowest BCUT2D eigenvalue weighted by molar-refractivity contribution is 0.456. The Labute approximate surface area is 128 Å². The van der Waals surface area contributed by atoms with Gasteiger partial charge >= 0.3 is 0 Å². The first-order valence-corrected chi connectivity index (χ1v) is 7.32. The molecule has 0 bridgehead atoms. The number of nitrogens with zero attached hydrogens (tertiary/aromatic N) is 1. The van der Waals surface area contributed by atoms with E-state index < -0.39 is 0 Å². The fourth-order valence-electron chi connectivity index (χ4n) is 2.50. The number of aryl methyl sites for hydroxylation is 2. The van der Waals surface area contributed by atoms with E-state index in [4.69, 9.17) is 27.5 Å². The van der Waals surface area contributed by atoms with Crippen molar-refractivity contribution in [1.29, 1.82) is 5.41 Å². The summed E-state index contributed by atoms with van der Waals surface area (Å²) in [4.78, 5) is 4.58. The Balaban J connectivity index is 1.99. The zero-order chi connectivity index (χ0) is 14.8. The molecule has 0 atom stereocenters. The lowest BCUT2D eigenvalue weighted by Crippen LogP contribution is -2.16. The van der Waals surface area contributed by atoms with E-state index in [0.29, 0.717) is 22.2 Å². The van der Waals surface area contributed by atoms with Crippen LogP contribution in [0.2, 0.25) is 5.02 Å². The number of fused-ring (bicyclic) bond motifs is 1. The van der Waals surface area contributed by atoms with Gasteiger partial charge in [0.15, 0.2) is 0 Å². The van der Waals surface area contributed by atoms with Crippen molar-refractivity contribution < 1.29 is 4.74 Å². The minimum absolute atomic E-state index is 0.0279. The Morgan fingerprint density at radius 1 is 1.19 bits per heavy atom. The molecule has 1 aromatic heterocycles. The number of benzene rings is 1. The van der Waals surface area contributed by atoms with E-state index in [1.54, 1.807) is 24.3 Å². The van der Waals surface area contributed by atoms with Crippen molar-refractivity contribution in [2.24, 2.45) is 5.73 Å². The lowest BCUT2D eigenvalue weighted by Gasteiger charge is -2.18. The van der Waals surface area contributed by atoms with Crippen LogP contribution < -0.4 is 10.5 Å². The molecule has 5 heteroatoms. The molecule has 0 fully saturated rings. The Hall–Kier alpha value is -2.07. The number of nitrogens with two attached hydrogens (primary N) is 1. The smallest absolute Gasteiger partial charge is 0.230 e. The molecule has 3 rings (SSSR count). The number of hydrogen-bond donors (Lipinski definition) is 2. The standard InChI is InChI=1S/C16H16ClN3O/c17-11-5-7-12(8-6-11)21-16-13(15(18)19)9-10-3-1-2-4-14(10)20-16/h5-9H,1-4H2,(H3,18,19). The second-order valence-electron chi connectivity index (χ2n) is 5.12.